The molecule has 0 saturated carbocycles. The summed E-state index contributed by atoms with van der Waals surface area (Å²) in [5.41, 5.74) is 1.53. The number of anilines is 1. The van der Waals surface area contributed by atoms with E-state index >= 15 is 0 Å². The van der Waals surface area contributed by atoms with Gasteiger partial charge in [0.15, 0.2) is 0 Å². The van der Waals surface area contributed by atoms with Gasteiger partial charge in [-0.1, -0.05) is 61.3 Å². The molecule has 10 heteroatoms. The summed E-state index contributed by atoms with van der Waals surface area (Å²) in [5, 5.41) is 3.25. The Kier molecular flexibility index (Phi) is 11.0. The molecule has 0 fully saturated rings. The Bertz CT molecular complexity index is 1420. The van der Waals surface area contributed by atoms with Crippen molar-refractivity contribution in [1.82, 2.24) is 10.2 Å². The van der Waals surface area contributed by atoms with Crippen molar-refractivity contribution in [2.45, 2.75) is 51.1 Å². The molecule has 3 rings (SSSR count). The van der Waals surface area contributed by atoms with E-state index in [1.807, 2.05) is 13.0 Å². The average Bonchev–Trinajstić information content (AvgIpc) is 2.96. The summed E-state index contributed by atoms with van der Waals surface area (Å²) in [7, 11) is -2.62. The van der Waals surface area contributed by atoms with Crippen molar-refractivity contribution in [2.24, 2.45) is 0 Å². The Labute approximate surface area is 241 Å². The first-order valence-corrected chi connectivity index (χ1v) is 14.9. The fourth-order valence-corrected chi connectivity index (χ4v) is 5.85. The second-order valence-corrected chi connectivity index (χ2v) is 11.7. The van der Waals surface area contributed by atoms with Crippen molar-refractivity contribution < 1.29 is 22.7 Å². The molecule has 214 valence electrons. The molecule has 40 heavy (non-hydrogen) atoms. The molecule has 0 radical (unpaired) electrons. The highest BCUT2D eigenvalue weighted by atomic mass is 35.5. The minimum Gasteiger partial charge on any atom is -0.497 e. The normalized spacial score (nSPS) is 11.9. The van der Waals surface area contributed by atoms with Crippen molar-refractivity contribution in [3.05, 3.63) is 88.9 Å². The quantitative estimate of drug-likeness (QED) is 0.279. The molecule has 0 aliphatic rings. The topological polar surface area (TPSA) is 96.0 Å². The number of benzene rings is 3. The van der Waals surface area contributed by atoms with Gasteiger partial charge in [0.2, 0.25) is 11.8 Å². The minimum atomic E-state index is -4.16. The van der Waals surface area contributed by atoms with Crippen LogP contribution >= 0.6 is 11.6 Å². The van der Waals surface area contributed by atoms with Crippen LogP contribution in [0, 0.1) is 6.92 Å². The largest absolute Gasteiger partial charge is 0.497 e. The molecule has 0 aliphatic carbocycles. The number of methoxy groups -OCH3 is 1. The van der Waals surface area contributed by atoms with Crippen molar-refractivity contribution in [3.8, 4) is 5.75 Å². The monoisotopic (exact) mass is 585 g/mol. The van der Waals surface area contributed by atoms with E-state index in [0.29, 0.717) is 22.9 Å². The van der Waals surface area contributed by atoms with Crippen LogP contribution < -0.4 is 14.4 Å². The lowest BCUT2D eigenvalue weighted by Crippen LogP contribution is -2.51. The van der Waals surface area contributed by atoms with Crippen LogP contribution in [0.25, 0.3) is 0 Å². The molecule has 1 N–H and O–H groups in total. The van der Waals surface area contributed by atoms with Gasteiger partial charge in [-0.05, 0) is 67.8 Å². The second-order valence-electron chi connectivity index (χ2n) is 9.40. The summed E-state index contributed by atoms with van der Waals surface area (Å²) in [5.74, 6) is -0.256. The van der Waals surface area contributed by atoms with Crippen LogP contribution in [0.5, 0.6) is 5.75 Å². The van der Waals surface area contributed by atoms with E-state index in [2.05, 4.69) is 5.32 Å². The summed E-state index contributed by atoms with van der Waals surface area (Å²) in [6.07, 6.45) is 1.71. The fourth-order valence-electron chi connectivity index (χ4n) is 4.19. The number of carbonyl (C=O) groups is 2. The highest BCUT2D eigenvalue weighted by Crippen LogP contribution is 2.31. The number of nitrogens with zero attached hydrogens (tertiary/aromatic N) is 2. The Morgan fingerprint density at radius 3 is 2.40 bits per heavy atom. The zero-order valence-electron chi connectivity index (χ0n) is 23.3. The van der Waals surface area contributed by atoms with E-state index < -0.39 is 28.5 Å². The van der Waals surface area contributed by atoms with Gasteiger partial charge in [0.05, 0.1) is 17.7 Å². The second kappa shape index (κ2) is 14.2. The van der Waals surface area contributed by atoms with Gasteiger partial charge < -0.3 is 15.0 Å². The first-order valence-electron chi connectivity index (χ1n) is 13.1. The van der Waals surface area contributed by atoms with Gasteiger partial charge in [0, 0.05) is 18.1 Å². The molecule has 0 aromatic heterocycles. The fraction of sp³-hybridized carbons (Fsp3) is 0.333. The molecular weight excluding hydrogens is 550 g/mol. The molecule has 3 aromatic rings. The number of nitrogens with one attached hydrogen (secondary N) is 1. The number of unbranched alkanes of at least 4 members (excludes halogenated alkanes) is 1. The zero-order valence-corrected chi connectivity index (χ0v) is 24.8. The molecule has 2 amide bonds. The molecule has 0 saturated heterocycles. The number of amides is 2. The third kappa shape index (κ3) is 7.55. The van der Waals surface area contributed by atoms with Crippen molar-refractivity contribution >= 4 is 39.1 Å². The van der Waals surface area contributed by atoms with E-state index in [4.69, 9.17) is 16.3 Å². The lowest BCUT2D eigenvalue weighted by molar-refractivity contribution is -0.139. The van der Waals surface area contributed by atoms with E-state index in [9.17, 15) is 18.0 Å². The third-order valence-corrected chi connectivity index (χ3v) is 8.79. The number of carbonyl (C=O) groups excluding carboxylic acids is 2. The summed E-state index contributed by atoms with van der Waals surface area (Å²) in [6, 6.07) is 19.1. The standard InChI is InChI=1S/C30H36ClN3O5S/c1-5-6-18-32-30(36)23(3)33(20-24-12-10-13-25(19-24)39-4)29(35)21-34(28-17-11-16-27(31)22(28)2)40(37,38)26-14-8-7-9-15-26/h7-17,19,23H,5-6,18,20-21H2,1-4H3,(H,32,36)/t23-/m1/s1. The summed E-state index contributed by atoms with van der Waals surface area (Å²) >= 11 is 6.36. The highest BCUT2D eigenvalue weighted by Gasteiger charge is 2.33. The lowest BCUT2D eigenvalue weighted by Gasteiger charge is -2.32. The third-order valence-electron chi connectivity index (χ3n) is 6.60. The van der Waals surface area contributed by atoms with E-state index in [1.54, 1.807) is 75.6 Å². The Hall–Kier alpha value is -3.56. The first kappa shape index (κ1) is 31.0. The van der Waals surface area contributed by atoms with E-state index in [1.165, 1.54) is 17.0 Å². The average molecular weight is 586 g/mol. The smallest absolute Gasteiger partial charge is 0.264 e. The number of sulfonamides is 1. The number of halogens is 1. The maximum absolute atomic E-state index is 14.0. The van der Waals surface area contributed by atoms with Crippen LogP contribution in [0.15, 0.2) is 77.7 Å². The number of hydrogen-bond acceptors (Lipinski definition) is 5. The lowest BCUT2D eigenvalue weighted by atomic mass is 10.1. The van der Waals surface area contributed by atoms with Gasteiger partial charge >= 0.3 is 0 Å². The van der Waals surface area contributed by atoms with Gasteiger partial charge in [0.25, 0.3) is 10.0 Å². The minimum absolute atomic E-state index is 0.0341. The molecule has 1 atom stereocenters. The van der Waals surface area contributed by atoms with E-state index in [-0.39, 0.29) is 23.0 Å². The van der Waals surface area contributed by atoms with Gasteiger partial charge in [-0.3, -0.25) is 13.9 Å². The Morgan fingerprint density at radius 2 is 1.73 bits per heavy atom. The summed E-state index contributed by atoms with van der Waals surface area (Å²) in [6.45, 7) is 5.39. The van der Waals surface area contributed by atoms with Crippen molar-refractivity contribution in [3.63, 3.8) is 0 Å². The van der Waals surface area contributed by atoms with Gasteiger partial charge in [-0.2, -0.15) is 0 Å². The van der Waals surface area contributed by atoms with Gasteiger partial charge in [-0.15, -0.1) is 0 Å². The van der Waals surface area contributed by atoms with Crippen LogP contribution in [0.3, 0.4) is 0 Å². The summed E-state index contributed by atoms with van der Waals surface area (Å²) < 4.78 is 34.2. The Balaban J connectivity index is 2.04. The molecule has 0 unspecified atom stereocenters. The maximum Gasteiger partial charge on any atom is 0.264 e. The molecule has 0 spiro atoms. The highest BCUT2D eigenvalue weighted by molar-refractivity contribution is 7.92. The molecule has 0 aliphatic heterocycles. The maximum atomic E-state index is 14.0. The molecule has 8 nitrogen and oxygen atoms in total. The van der Waals surface area contributed by atoms with E-state index in [0.717, 1.165) is 22.7 Å². The number of rotatable bonds is 13. The molecule has 3 aromatic carbocycles. The van der Waals surface area contributed by atoms with Crippen LogP contribution in [0.2, 0.25) is 5.02 Å². The van der Waals surface area contributed by atoms with Gasteiger partial charge in [0.1, 0.15) is 18.3 Å². The molecule has 0 bridgehead atoms. The zero-order chi connectivity index (χ0) is 29.3. The Morgan fingerprint density at radius 1 is 1.02 bits per heavy atom. The van der Waals surface area contributed by atoms with Gasteiger partial charge in [-0.25, -0.2) is 8.42 Å². The first-order chi connectivity index (χ1) is 19.1. The summed E-state index contributed by atoms with van der Waals surface area (Å²) in [4.78, 5) is 28.5. The number of ether oxygens (including phenoxy) is 1. The SMILES string of the molecule is CCCCNC(=O)[C@@H](C)N(Cc1cccc(OC)c1)C(=O)CN(c1cccc(Cl)c1C)S(=O)(=O)c1ccccc1. The van der Waals surface area contributed by atoms with Crippen LogP contribution in [-0.2, 0) is 26.2 Å². The van der Waals surface area contributed by atoms with Crippen LogP contribution in [0.4, 0.5) is 5.69 Å². The molecular formula is C30H36ClN3O5S. The van der Waals surface area contributed by atoms with Crippen molar-refractivity contribution in [2.75, 3.05) is 24.5 Å². The van der Waals surface area contributed by atoms with Crippen LogP contribution in [-0.4, -0.2) is 51.4 Å². The van der Waals surface area contributed by atoms with Crippen molar-refractivity contribution in [1.29, 1.82) is 0 Å². The van der Waals surface area contributed by atoms with Crippen LogP contribution in [0.1, 0.15) is 37.8 Å². The number of hydrogen-bond donors (Lipinski definition) is 1. The predicted octanol–water partition coefficient (Wildman–Crippen LogP) is 5.19. The molecule has 0 heterocycles. The predicted molar refractivity (Wildman–Crippen MR) is 158 cm³/mol.